The highest BCUT2D eigenvalue weighted by Gasteiger charge is 2.25. The van der Waals surface area contributed by atoms with E-state index in [0.717, 1.165) is 9.88 Å². The van der Waals surface area contributed by atoms with Crippen LogP contribution >= 0.6 is 11.3 Å². The molecule has 0 aliphatic carbocycles. The standard InChI is InChI=1S/C18H25N3O3S2/c1-6-21(7-2)26(23,24)17-10-15(9-8-13(17)3)18(22)20(5)12-16-11-19-14(4)25-16/h8-11H,6-7,12H2,1-5H3. The molecule has 1 aromatic carbocycles. The van der Waals surface area contributed by atoms with Crippen molar-refractivity contribution >= 4 is 27.3 Å². The fraction of sp³-hybridized carbons (Fsp3) is 0.444. The molecule has 1 heterocycles. The third-order valence-electron chi connectivity index (χ3n) is 4.17. The third kappa shape index (κ3) is 4.31. The highest BCUT2D eigenvalue weighted by atomic mass is 32.2. The quantitative estimate of drug-likeness (QED) is 0.722. The minimum Gasteiger partial charge on any atom is -0.337 e. The summed E-state index contributed by atoms with van der Waals surface area (Å²) >= 11 is 1.54. The van der Waals surface area contributed by atoms with Gasteiger partial charge in [0.25, 0.3) is 5.91 Å². The Labute approximate surface area is 159 Å². The van der Waals surface area contributed by atoms with Gasteiger partial charge < -0.3 is 4.90 Å². The number of rotatable bonds is 7. The summed E-state index contributed by atoms with van der Waals surface area (Å²) in [6, 6.07) is 4.85. The number of aryl methyl sites for hydroxylation is 2. The van der Waals surface area contributed by atoms with Gasteiger partial charge in [-0.3, -0.25) is 4.79 Å². The molecule has 142 valence electrons. The molecule has 26 heavy (non-hydrogen) atoms. The Bertz CT molecular complexity index is 887. The monoisotopic (exact) mass is 395 g/mol. The molecule has 0 aliphatic rings. The molecule has 0 saturated heterocycles. The largest absolute Gasteiger partial charge is 0.337 e. The molecule has 2 rings (SSSR count). The Hall–Kier alpha value is -1.77. The number of carbonyl (C=O) groups is 1. The van der Waals surface area contributed by atoms with Gasteiger partial charge in [0.15, 0.2) is 0 Å². The van der Waals surface area contributed by atoms with Crippen LogP contribution in [0.5, 0.6) is 0 Å². The van der Waals surface area contributed by atoms with Gasteiger partial charge >= 0.3 is 0 Å². The van der Waals surface area contributed by atoms with Crippen molar-refractivity contribution in [2.75, 3.05) is 20.1 Å². The molecule has 0 bridgehead atoms. The second-order valence-corrected chi connectivity index (χ2v) is 9.30. The van der Waals surface area contributed by atoms with Crippen LogP contribution < -0.4 is 0 Å². The van der Waals surface area contributed by atoms with E-state index in [9.17, 15) is 13.2 Å². The van der Waals surface area contributed by atoms with Gasteiger partial charge in [-0.15, -0.1) is 11.3 Å². The first-order valence-electron chi connectivity index (χ1n) is 8.48. The van der Waals surface area contributed by atoms with Crippen LogP contribution in [0.4, 0.5) is 0 Å². The second-order valence-electron chi connectivity index (χ2n) is 6.08. The van der Waals surface area contributed by atoms with E-state index < -0.39 is 10.0 Å². The number of amides is 1. The summed E-state index contributed by atoms with van der Waals surface area (Å²) in [6.45, 7) is 8.49. The number of hydrogen-bond donors (Lipinski definition) is 0. The van der Waals surface area contributed by atoms with Crippen molar-refractivity contribution < 1.29 is 13.2 Å². The van der Waals surface area contributed by atoms with E-state index >= 15 is 0 Å². The molecule has 0 unspecified atom stereocenters. The molecule has 1 aromatic heterocycles. The van der Waals surface area contributed by atoms with Crippen molar-refractivity contribution in [3.8, 4) is 0 Å². The molecular weight excluding hydrogens is 370 g/mol. The number of aromatic nitrogens is 1. The van der Waals surface area contributed by atoms with Crippen LogP contribution in [-0.2, 0) is 16.6 Å². The molecule has 0 aliphatic heterocycles. The number of thiazole rings is 1. The summed E-state index contributed by atoms with van der Waals surface area (Å²) in [4.78, 5) is 19.7. The number of hydrogen-bond acceptors (Lipinski definition) is 5. The van der Waals surface area contributed by atoms with Crippen LogP contribution in [0.3, 0.4) is 0 Å². The number of nitrogens with zero attached hydrogens (tertiary/aromatic N) is 3. The lowest BCUT2D eigenvalue weighted by atomic mass is 10.1. The summed E-state index contributed by atoms with van der Waals surface area (Å²) in [6.07, 6.45) is 1.76. The minimum atomic E-state index is -3.61. The van der Waals surface area contributed by atoms with Crippen LogP contribution in [0, 0.1) is 13.8 Å². The van der Waals surface area contributed by atoms with Crippen molar-refractivity contribution in [3.63, 3.8) is 0 Å². The highest BCUT2D eigenvalue weighted by Crippen LogP contribution is 2.22. The zero-order valence-electron chi connectivity index (χ0n) is 15.8. The van der Waals surface area contributed by atoms with E-state index in [4.69, 9.17) is 0 Å². The normalized spacial score (nSPS) is 11.8. The van der Waals surface area contributed by atoms with Crippen LogP contribution in [0.25, 0.3) is 0 Å². The second kappa shape index (κ2) is 8.28. The fourth-order valence-corrected chi connectivity index (χ4v) is 5.28. The van der Waals surface area contributed by atoms with Crippen molar-refractivity contribution in [2.45, 2.75) is 39.1 Å². The molecule has 8 heteroatoms. The lowest BCUT2D eigenvalue weighted by molar-refractivity contribution is 0.0786. The highest BCUT2D eigenvalue weighted by molar-refractivity contribution is 7.89. The summed E-state index contributed by atoms with van der Waals surface area (Å²) in [7, 11) is -1.91. The summed E-state index contributed by atoms with van der Waals surface area (Å²) in [5.74, 6) is -0.216. The molecule has 0 N–H and O–H groups in total. The van der Waals surface area contributed by atoms with Gasteiger partial charge in [-0.1, -0.05) is 19.9 Å². The Morgan fingerprint density at radius 2 is 1.85 bits per heavy atom. The lowest BCUT2D eigenvalue weighted by Crippen LogP contribution is -2.31. The van der Waals surface area contributed by atoms with Gasteiger partial charge in [-0.05, 0) is 31.5 Å². The average Bonchev–Trinajstić information content (AvgIpc) is 3.00. The fourth-order valence-electron chi connectivity index (χ4n) is 2.72. The maximum atomic E-state index is 12.8. The SMILES string of the molecule is CCN(CC)S(=O)(=O)c1cc(C(=O)N(C)Cc2cnc(C)s2)ccc1C. The van der Waals surface area contributed by atoms with Gasteiger partial charge in [0.05, 0.1) is 16.4 Å². The molecule has 6 nitrogen and oxygen atoms in total. The minimum absolute atomic E-state index is 0.189. The van der Waals surface area contributed by atoms with E-state index in [1.54, 1.807) is 62.4 Å². The topological polar surface area (TPSA) is 70.6 Å². The van der Waals surface area contributed by atoms with Crippen molar-refractivity contribution in [1.82, 2.24) is 14.2 Å². The van der Waals surface area contributed by atoms with E-state index in [1.165, 1.54) is 10.4 Å². The Balaban J connectivity index is 2.32. The molecule has 2 aromatic rings. The van der Waals surface area contributed by atoms with Crippen molar-refractivity contribution in [3.05, 3.63) is 45.4 Å². The number of carbonyl (C=O) groups excluding carboxylic acids is 1. The Kier molecular flexibility index (Phi) is 6.54. The molecule has 0 fully saturated rings. The van der Waals surface area contributed by atoms with Crippen molar-refractivity contribution in [2.24, 2.45) is 0 Å². The maximum absolute atomic E-state index is 12.8. The smallest absolute Gasteiger partial charge is 0.253 e. The molecule has 0 saturated carbocycles. The first-order chi connectivity index (χ1) is 12.2. The summed E-state index contributed by atoms with van der Waals surface area (Å²) < 4.78 is 27.1. The molecule has 1 amide bonds. The van der Waals surface area contributed by atoms with Crippen LogP contribution in [0.2, 0.25) is 0 Å². The van der Waals surface area contributed by atoms with E-state index in [0.29, 0.717) is 30.8 Å². The van der Waals surface area contributed by atoms with E-state index in [-0.39, 0.29) is 10.8 Å². The van der Waals surface area contributed by atoms with Crippen LogP contribution in [0.15, 0.2) is 29.3 Å². The third-order valence-corrected chi connectivity index (χ3v) is 7.26. The Morgan fingerprint density at radius 1 is 1.19 bits per heavy atom. The zero-order chi connectivity index (χ0) is 19.5. The molecule has 0 atom stereocenters. The van der Waals surface area contributed by atoms with Gasteiger partial charge in [0, 0.05) is 36.8 Å². The first-order valence-corrected chi connectivity index (χ1v) is 10.7. The molecule has 0 radical (unpaired) electrons. The number of sulfonamides is 1. The number of benzene rings is 1. The lowest BCUT2D eigenvalue weighted by Gasteiger charge is -2.21. The molecular formula is C18H25N3O3S2. The van der Waals surface area contributed by atoms with E-state index in [2.05, 4.69) is 4.98 Å². The van der Waals surface area contributed by atoms with Gasteiger partial charge in [-0.25, -0.2) is 13.4 Å². The van der Waals surface area contributed by atoms with Gasteiger partial charge in [0.1, 0.15) is 0 Å². The predicted octanol–water partition coefficient (Wildman–Crippen LogP) is 3.06. The zero-order valence-corrected chi connectivity index (χ0v) is 17.4. The molecule has 0 spiro atoms. The summed E-state index contributed by atoms with van der Waals surface area (Å²) in [5, 5.41) is 0.948. The summed E-state index contributed by atoms with van der Waals surface area (Å²) in [5.41, 5.74) is 0.999. The van der Waals surface area contributed by atoms with E-state index in [1.807, 2.05) is 6.92 Å². The Morgan fingerprint density at radius 3 is 2.38 bits per heavy atom. The predicted molar refractivity (Wildman–Crippen MR) is 104 cm³/mol. The van der Waals surface area contributed by atoms with Crippen molar-refractivity contribution in [1.29, 1.82) is 0 Å². The van der Waals surface area contributed by atoms with Gasteiger partial charge in [-0.2, -0.15) is 4.31 Å². The maximum Gasteiger partial charge on any atom is 0.253 e. The van der Waals surface area contributed by atoms with Crippen LogP contribution in [-0.4, -0.2) is 48.7 Å². The average molecular weight is 396 g/mol. The first kappa shape index (κ1) is 20.5. The van der Waals surface area contributed by atoms with Gasteiger partial charge in [0.2, 0.25) is 10.0 Å². The van der Waals surface area contributed by atoms with Crippen LogP contribution in [0.1, 0.15) is 39.7 Å².